The lowest BCUT2D eigenvalue weighted by molar-refractivity contribution is 0.517. The van der Waals surface area contributed by atoms with E-state index in [1.807, 2.05) is 18.2 Å². The van der Waals surface area contributed by atoms with Crippen LogP contribution in [0.4, 0.5) is 5.82 Å². The Kier molecular flexibility index (Phi) is 3.78. The van der Waals surface area contributed by atoms with Gasteiger partial charge in [0.15, 0.2) is 0 Å². The molecule has 0 atom stereocenters. The number of furan rings is 1. The molecular weight excluding hydrogens is 282 g/mol. The minimum atomic E-state index is 0.302. The lowest BCUT2D eigenvalue weighted by Crippen LogP contribution is -2.05. The monoisotopic (exact) mass is 295 g/mol. The van der Waals surface area contributed by atoms with Crippen LogP contribution in [-0.2, 0) is 6.54 Å². The second kappa shape index (κ2) is 5.31. The van der Waals surface area contributed by atoms with Gasteiger partial charge in [-0.05, 0) is 28.1 Å². The second-order valence-corrected chi connectivity index (χ2v) is 4.83. The smallest absolute Gasteiger partial charge is 0.134 e. The van der Waals surface area contributed by atoms with E-state index in [2.05, 4.69) is 45.1 Å². The Morgan fingerprint density at radius 2 is 2.24 bits per heavy atom. The molecule has 0 bridgehead atoms. The summed E-state index contributed by atoms with van der Waals surface area (Å²) in [7, 11) is 0. The first-order valence-electron chi connectivity index (χ1n) is 5.46. The summed E-state index contributed by atoms with van der Waals surface area (Å²) in [6.07, 6.45) is 1.66. The average molecular weight is 296 g/mol. The van der Waals surface area contributed by atoms with E-state index in [1.54, 1.807) is 6.26 Å². The fraction of sp³-hybridized carbons (Fsp3) is 0.333. The summed E-state index contributed by atoms with van der Waals surface area (Å²) in [5, 5.41) is 3.21. The van der Waals surface area contributed by atoms with Crippen LogP contribution in [0.25, 0.3) is 0 Å². The van der Waals surface area contributed by atoms with Crippen molar-refractivity contribution >= 4 is 21.7 Å². The molecule has 2 aromatic rings. The third-order valence-corrected chi connectivity index (χ3v) is 2.66. The van der Waals surface area contributed by atoms with E-state index >= 15 is 0 Å². The van der Waals surface area contributed by atoms with E-state index in [0.29, 0.717) is 12.5 Å². The SMILES string of the molecule is CC(C)c1nc(Br)cc(NCc2ccco2)n1. The van der Waals surface area contributed by atoms with Crippen molar-refractivity contribution in [2.24, 2.45) is 0 Å². The van der Waals surface area contributed by atoms with Crippen LogP contribution in [0.5, 0.6) is 0 Å². The second-order valence-electron chi connectivity index (χ2n) is 4.02. The Morgan fingerprint density at radius 3 is 2.88 bits per heavy atom. The van der Waals surface area contributed by atoms with Gasteiger partial charge in [0.25, 0.3) is 0 Å². The Labute approximate surface area is 109 Å². The molecule has 0 radical (unpaired) electrons. The highest BCUT2D eigenvalue weighted by molar-refractivity contribution is 9.10. The highest BCUT2D eigenvalue weighted by Gasteiger charge is 2.06. The fourth-order valence-corrected chi connectivity index (χ4v) is 1.77. The van der Waals surface area contributed by atoms with Crippen molar-refractivity contribution in [1.82, 2.24) is 9.97 Å². The molecule has 0 aliphatic rings. The van der Waals surface area contributed by atoms with Gasteiger partial charge in [0.05, 0.1) is 12.8 Å². The van der Waals surface area contributed by atoms with E-state index in [1.165, 1.54) is 0 Å². The molecule has 2 heterocycles. The molecule has 0 unspecified atom stereocenters. The van der Waals surface area contributed by atoms with E-state index in [0.717, 1.165) is 22.0 Å². The molecule has 0 fully saturated rings. The van der Waals surface area contributed by atoms with Crippen LogP contribution in [0.15, 0.2) is 33.5 Å². The molecule has 5 heteroatoms. The van der Waals surface area contributed by atoms with Gasteiger partial charge in [-0.2, -0.15) is 0 Å². The molecule has 0 saturated heterocycles. The fourth-order valence-electron chi connectivity index (χ4n) is 1.37. The van der Waals surface area contributed by atoms with Crippen LogP contribution in [0.2, 0.25) is 0 Å². The molecule has 0 spiro atoms. The summed E-state index contributed by atoms with van der Waals surface area (Å²) < 4.78 is 6.04. The molecule has 1 N–H and O–H groups in total. The van der Waals surface area contributed by atoms with Crippen molar-refractivity contribution in [3.8, 4) is 0 Å². The number of aromatic nitrogens is 2. The predicted octanol–water partition coefficient (Wildman–Crippen LogP) is 3.57. The van der Waals surface area contributed by atoms with Crippen molar-refractivity contribution in [2.75, 3.05) is 5.32 Å². The summed E-state index contributed by atoms with van der Waals surface area (Å²) in [4.78, 5) is 8.76. The van der Waals surface area contributed by atoms with Crippen molar-refractivity contribution in [3.05, 3.63) is 40.7 Å². The third-order valence-electron chi connectivity index (χ3n) is 2.25. The van der Waals surface area contributed by atoms with Crippen LogP contribution in [0, 0.1) is 0 Å². The van der Waals surface area contributed by atoms with Gasteiger partial charge >= 0.3 is 0 Å². The Bertz CT molecular complexity index is 483. The minimum absolute atomic E-state index is 0.302. The molecule has 0 saturated carbocycles. The van der Waals surface area contributed by atoms with Crippen LogP contribution < -0.4 is 5.32 Å². The lowest BCUT2D eigenvalue weighted by Gasteiger charge is -2.08. The van der Waals surface area contributed by atoms with Crippen molar-refractivity contribution < 1.29 is 4.42 Å². The largest absolute Gasteiger partial charge is 0.467 e. The number of halogens is 1. The van der Waals surface area contributed by atoms with Crippen molar-refractivity contribution in [1.29, 1.82) is 0 Å². The van der Waals surface area contributed by atoms with Crippen molar-refractivity contribution in [2.45, 2.75) is 26.3 Å². The maximum atomic E-state index is 5.25. The Morgan fingerprint density at radius 1 is 1.41 bits per heavy atom. The number of hydrogen-bond acceptors (Lipinski definition) is 4. The molecule has 90 valence electrons. The standard InChI is InChI=1S/C12H14BrN3O/c1-8(2)12-15-10(13)6-11(16-12)14-7-9-4-3-5-17-9/h3-6,8H,7H2,1-2H3,(H,14,15,16). The summed E-state index contributed by atoms with van der Waals surface area (Å²) >= 11 is 3.39. The highest BCUT2D eigenvalue weighted by Crippen LogP contribution is 2.17. The Balaban J connectivity index is 2.10. The maximum Gasteiger partial charge on any atom is 0.134 e. The van der Waals surface area contributed by atoms with Gasteiger partial charge in [0.2, 0.25) is 0 Å². The average Bonchev–Trinajstić information content (AvgIpc) is 2.78. The first kappa shape index (κ1) is 12.1. The predicted molar refractivity (Wildman–Crippen MR) is 69.9 cm³/mol. The first-order valence-corrected chi connectivity index (χ1v) is 6.25. The molecule has 0 aliphatic heterocycles. The summed E-state index contributed by atoms with van der Waals surface area (Å²) in [5.74, 6) is 2.80. The highest BCUT2D eigenvalue weighted by atomic mass is 79.9. The van der Waals surface area contributed by atoms with Gasteiger partial charge in [0, 0.05) is 12.0 Å². The number of nitrogens with zero attached hydrogens (tertiary/aromatic N) is 2. The molecule has 4 nitrogen and oxygen atoms in total. The van der Waals surface area contributed by atoms with Gasteiger partial charge in [-0.25, -0.2) is 9.97 Å². The van der Waals surface area contributed by atoms with Crippen LogP contribution in [-0.4, -0.2) is 9.97 Å². The topological polar surface area (TPSA) is 51.0 Å². The normalized spacial score (nSPS) is 10.8. The molecule has 2 rings (SSSR count). The molecule has 17 heavy (non-hydrogen) atoms. The molecule has 0 amide bonds. The zero-order chi connectivity index (χ0) is 12.3. The van der Waals surface area contributed by atoms with Gasteiger partial charge < -0.3 is 9.73 Å². The van der Waals surface area contributed by atoms with Crippen LogP contribution in [0.3, 0.4) is 0 Å². The molecular formula is C12H14BrN3O. The summed E-state index contributed by atoms with van der Waals surface area (Å²) in [6, 6.07) is 5.65. The van der Waals surface area contributed by atoms with E-state index in [9.17, 15) is 0 Å². The zero-order valence-corrected chi connectivity index (χ0v) is 11.4. The molecule has 0 aromatic carbocycles. The van der Waals surface area contributed by atoms with Crippen LogP contribution >= 0.6 is 15.9 Å². The number of hydrogen-bond donors (Lipinski definition) is 1. The number of rotatable bonds is 4. The minimum Gasteiger partial charge on any atom is -0.467 e. The van der Waals surface area contributed by atoms with Crippen LogP contribution in [0.1, 0.15) is 31.4 Å². The summed E-state index contributed by atoms with van der Waals surface area (Å²) in [6.45, 7) is 4.75. The lowest BCUT2D eigenvalue weighted by atomic mass is 10.2. The zero-order valence-electron chi connectivity index (χ0n) is 9.77. The van der Waals surface area contributed by atoms with Gasteiger partial charge in [0.1, 0.15) is 22.0 Å². The van der Waals surface area contributed by atoms with E-state index in [4.69, 9.17) is 4.42 Å². The van der Waals surface area contributed by atoms with E-state index in [-0.39, 0.29) is 0 Å². The molecule has 0 aliphatic carbocycles. The van der Waals surface area contributed by atoms with Gasteiger partial charge in [-0.15, -0.1) is 0 Å². The quantitative estimate of drug-likeness (QED) is 0.876. The van der Waals surface area contributed by atoms with E-state index < -0.39 is 0 Å². The third kappa shape index (κ3) is 3.30. The number of anilines is 1. The number of nitrogens with one attached hydrogen (secondary N) is 1. The van der Waals surface area contributed by atoms with Gasteiger partial charge in [-0.3, -0.25) is 0 Å². The molecule has 2 aromatic heterocycles. The van der Waals surface area contributed by atoms with Crippen molar-refractivity contribution in [3.63, 3.8) is 0 Å². The summed E-state index contributed by atoms with van der Waals surface area (Å²) in [5.41, 5.74) is 0. The first-order chi connectivity index (χ1) is 8.15. The maximum absolute atomic E-state index is 5.25. The Hall–Kier alpha value is -1.36. The van der Waals surface area contributed by atoms with Gasteiger partial charge in [-0.1, -0.05) is 13.8 Å².